The lowest BCUT2D eigenvalue weighted by molar-refractivity contribution is 0.276. The lowest BCUT2D eigenvalue weighted by Crippen LogP contribution is -2.11. The lowest BCUT2D eigenvalue weighted by Gasteiger charge is -2.12. The molecule has 2 rings (SSSR count). The van der Waals surface area contributed by atoms with Crippen LogP contribution in [0, 0.1) is 6.92 Å². The van der Waals surface area contributed by atoms with Crippen molar-refractivity contribution in [3.63, 3.8) is 0 Å². The first kappa shape index (κ1) is 16.5. The van der Waals surface area contributed by atoms with Gasteiger partial charge >= 0.3 is 0 Å². The van der Waals surface area contributed by atoms with Crippen molar-refractivity contribution in [3.05, 3.63) is 59.7 Å². The van der Waals surface area contributed by atoms with Gasteiger partial charge < -0.3 is 15.6 Å². The summed E-state index contributed by atoms with van der Waals surface area (Å²) in [7, 11) is 0. The first-order valence-electron chi connectivity index (χ1n) is 6.40. The molecule has 0 heterocycles. The fourth-order valence-electron chi connectivity index (χ4n) is 1.86. The largest absolute Gasteiger partial charge is 0.457 e. The van der Waals surface area contributed by atoms with Crippen LogP contribution in [0.1, 0.15) is 23.6 Å². The summed E-state index contributed by atoms with van der Waals surface area (Å²) in [5.41, 5.74) is 8.14. The molecule has 1 unspecified atom stereocenters. The number of benzene rings is 2. The molecule has 0 spiro atoms. The quantitative estimate of drug-likeness (QED) is 0.886. The number of aliphatic hydroxyl groups is 1. The molecule has 108 valence electrons. The molecule has 0 saturated carbocycles. The van der Waals surface area contributed by atoms with Gasteiger partial charge in [-0.05, 0) is 43.2 Å². The number of rotatable bonds is 5. The molecule has 0 bridgehead atoms. The average molecular weight is 294 g/mol. The Bertz CT molecular complexity index is 528. The molecule has 0 amide bonds. The Morgan fingerprint density at radius 2 is 1.80 bits per heavy atom. The normalized spacial score (nSPS) is 11.6. The summed E-state index contributed by atoms with van der Waals surface area (Å²) in [5, 5.41) is 8.92. The third-order valence-electron chi connectivity index (χ3n) is 2.98. The lowest BCUT2D eigenvalue weighted by atomic mass is 10.1. The number of aryl methyl sites for hydroxylation is 1. The van der Waals surface area contributed by atoms with Crippen LogP contribution >= 0.6 is 12.4 Å². The molecule has 3 nitrogen and oxygen atoms in total. The molecule has 20 heavy (non-hydrogen) atoms. The zero-order valence-electron chi connectivity index (χ0n) is 11.5. The Balaban J connectivity index is 0.00000200. The summed E-state index contributed by atoms with van der Waals surface area (Å²) < 4.78 is 5.78. The Kier molecular flexibility index (Phi) is 6.52. The topological polar surface area (TPSA) is 55.5 Å². The van der Waals surface area contributed by atoms with Crippen molar-refractivity contribution in [2.24, 2.45) is 5.73 Å². The zero-order valence-corrected chi connectivity index (χ0v) is 12.3. The summed E-state index contributed by atoms with van der Waals surface area (Å²) in [4.78, 5) is 0. The summed E-state index contributed by atoms with van der Waals surface area (Å²) in [5.74, 6) is 1.56. The Morgan fingerprint density at radius 1 is 1.10 bits per heavy atom. The SMILES string of the molecule is Cc1ccc(Oc2cccc(C(N)CCO)c2)cc1.Cl. The molecule has 2 aromatic carbocycles. The van der Waals surface area contributed by atoms with E-state index >= 15 is 0 Å². The van der Waals surface area contributed by atoms with Crippen LogP contribution < -0.4 is 10.5 Å². The maximum Gasteiger partial charge on any atom is 0.127 e. The highest BCUT2D eigenvalue weighted by Crippen LogP contribution is 2.25. The maximum atomic E-state index is 8.92. The molecule has 0 aliphatic heterocycles. The third kappa shape index (κ3) is 4.53. The number of hydrogen-bond acceptors (Lipinski definition) is 3. The van der Waals surface area contributed by atoms with Crippen LogP contribution in [-0.2, 0) is 0 Å². The van der Waals surface area contributed by atoms with E-state index in [1.54, 1.807) is 0 Å². The molecular weight excluding hydrogens is 274 g/mol. The average Bonchev–Trinajstić information content (AvgIpc) is 2.42. The minimum absolute atomic E-state index is 0. The van der Waals surface area contributed by atoms with Gasteiger partial charge in [0, 0.05) is 12.6 Å². The highest BCUT2D eigenvalue weighted by Gasteiger charge is 2.06. The van der Waals surface area contributed by atoms with E-state index in [0.29, 0.717) is 6.42 Å². The van der Waals surface area contributed by atoms with E-state index in [4.69, 9.17) is 15.6 Å². The van der Waals surface area contributed by atoms with Crippen LogP contribution in [0.5, 0.6) is 11.5 Å². The molecular formula is C16H20ClNO2. The highest BCUT2D eigenvalue weighted by atomic mass is 35.5. The van der Waals surface area contributed by atoms with Crippen LogP contribution in [0.25, 0.3) is 0 Å². The van der Waals surface area contributed by atoms with E-state index in [1.807, 2.05) is 55.5 Å². The number of halogens is 1. The Morgan fingerprint density at radius 3 is 2.45 bits per heavy atom. The third-order valence-corrected chi connectivity index (χ3v) is 2.98. The Hall–Kier alpha value is -1.55. The Labute approximate surface area is 125 Å². The maximum absolute atomic E-state index is 8.92. The molecule has 0 aliphatic carbocycles. The van der Waals surface area contributed by atoms with Crippen molar-refractivity contribution in [2.75, 3.05) is 6.61 Å². The summed E-state index contributed by atoms with van der Waals surface area (Å²) in [6, 6.07) is 15.4. The van der Waals surface area contributed by atoms with E-state index in [2.05, 4.69) is 0 Å². The van der Waals surface area contributed by atoms with Gasteiger partial charge in [-0.15, -0.1) is 12.4 Å². The standard InChI is InChI=1S/C16H19NO2.ClH/c1-12-5-7-14(8-6-12)19-15-4-2-3-13(11-15)16(17)9-10-18;/h2-8,11,16,18H,9-10,17H2,1H3;1H. The summed E-state index contributed by atoms with van der Waals surface area (Å²) in [6.45, 7) is 2.13. The molecule has 0 radical (unpaired) electrons. The van der Waals surface area contributed by atoms with Gasteiger partial charge in [-0.1, -0.05) is 29.8 Å². The molecule has 4 heteroatoms. The van der Waals surface area contributed by atoms with Gasteiger partial charge in [0.2, 0.25) is 0 Å². The molecule has 0 aliphatic rings. The molecule has 0 aromatic heterocycles. The van der Waals surface area contributed by atoms with Crippen LogP contribution in [-0.4, -0.2) is 11.7 Å². The van der Waals surface area contributed by atoms with Crippen molar-refractivity contribution in [1.29, 1.82) is 0 Å². The predicted octanol–water partition coefficient (Wildman–Crippen LogP) is 3.59. The zero-order chi connectivity index (χ0) is 13.7. The second-order valence-corrected chi connectivity index (χ2v) is 4.61. The van der Waals surface area contributed by atoms with E-state index in [0.717, 1.165) is 17.1 Å². The van der Waals surface area contributed by atoms with Crippen LogP contribution in [0.2, 0.25) is 0 Å². The monoisotopic (exact) mass is 293 g/mol. The number of nitrogens with two attached hydrogens (primary N) is 1. The van der Waals surface area contributed by atoms with E-state index in [9.17, 15) is 0 Å². The molecule has 0 saturated heterocycles. The summed E-state index contributed by atoms with van der Waals surface area (Å²) >= 11 is 0. The van der Waals surface area contributed by atoms with Gasteiger partial charge in [-0.25, -0.2) is 0 Å². The van der Waals surface area contributed by atoms with E-state index in [1.165, 1.54) is 5.56 Å². The van der Waals surface area contributed by atoms with Crippen LogP contribution in [0.15, 0.2) is 48.5 Å². The second kappa shape index (κ2) is 7.90. The first-order valence-corrected chi connectivity index (χ1v) is 6.40. The molecule has 3 N–H and O–H groups in total. The fourth-order valence-corrected chi connectivity index (χ4v) is 1.86. The van der Waals surface area contributed by atoms with Crippen molar-refractivity contribution in [3.8, 4) is 11.5 Å². The number of aliphatic hydroxyl groups excluding tert-OH is 1. The van der Waals surface area contributed by atoms with Crippen molar-refractivity contribution < 1.29 is 9.84 Å². The fraction of sp³-hybridized carbons (Fsp3) is 0.250. The number of ether oxygens (including phenoxy) is 1. The van der Waals surface area contributed by atoms with Crippen LogP contribution in [0.4, 0.5) is 0 Å². The summed E-state index contributed by atoms with van der Waals surface area (Å²) in [6.07, 6.45) is 0.550. The first-order chi connectivity index (χ1) is 9.19. The van der Waals surface area contributed by atoms with Gasteiger partial charge in [-0.2, -0.15) is 0 Å². The van der Waals surface area contributed by atoms with Gasteiger partial charge in [0.25, 0.3) is 0 Å². The van der Waals surface area contributed by atoms with E-state index < -0.39 is 0 Å². The van der Waals surface area contributed by atoms with Gasteiger partial charge in [0.1, 0.15) is 11.5 Å². The van der Waals surface area contributed by atoms with Crippen molar-refractivity contribution in [1.82, 2.24) is 0 Å². The van der Waals surface area contributed by atoms with E-state index in [-0.39, 0.29) is 25.1 Å². The van der Waals surface area contributed by atoms with Gasteiger partial charge in [0.05, 0.1) is 0 Å². The molecule has 1 atom stereocenters. The van der Waals surface area contributed by atoms with Gasteiger partial charge in [0.15, 0.2) is 0 Å². The second-order valence-electron chi connectivity index (χ2n) is 4.61. The van der Waals surface area contributed by atoms with Crippen LogP contribution in [0.3, 0.4) is 0 Å². The van der Waals surface area contributed by atoms with Crippen molar-refractivity contribution in [2.45, 2.75) is 19.4 Å². The number of hydrogen-bond donors (Lipinski definition) is 2. The smallest absolute Gasteiger partial charge is 0.127 e. The molecule has 0 fully saturated rings. The predicted molar refractivity (Wildman–Crippen MR) is 83.6 cm³/mol. The minimum Gasteiger partial charge on any atom is -0.457 e. The highest BCUT2D eigenvalue weighted by molar-refractivity contribution is 5.85. The molecule has 2 aromatic rings. The van der Waals surface area contributed by atoms with Gasteiger partial charge in [-0.3, -0.25) is 0 Å². The minimum atomic E-state index is -0.161. The van der Waals surface area contributed by atoms with Crippen molar-refractivity contribution >= 4 is 12.4 Å².